The molecule has 24 heavy (non-hydrogen) atoms. The predicted octanol–water partition coefficient (Wildman–Crippen LogP) is 4.56. The van der Waals surface area contributed by atoms with Crippen LogP contribution in [0.1, 0.15) is 36.8 Å². The van der Waals surface area contributed by atoms with Crippen molar-refractivity contribution in [2.24, 2.45) is 0 Å². The molecule has 0 amide bonds. The number of benzene rings is 1. The Morgan fingerprint density at radius 2 is 2.12 bits per heavy atom. The molecular weight excluding hydrogens is 320 g/mol. The number of hydrogen-bond acceptors (Lipinski definition) is 3. The zero-order chi connectivity index (χ0) is 17.5. The Labute approximate surface area is 149 Å². The van der Waals surface area contributed by atoms with Crippen LogP contribution in [-0.2, 0) is 11.2 Å². The van der Waals surface area contributed by atoms with Gasteiger partial charge in [-0.25, -0.2) is 0 Å². The van der Waals surface area contributed by atoms with Crippen LogP contribution >= 0.6 is 12.2 Å². The third-order valence-corrected chi connectivity index (χ3v) is 4.53. The van der Waals surface area contributed by atoms with E-state index in [1.165, 1.54) is 11.1 Å². The molecule has 0 unspecified atom stereocenters. The zero-order valence-corrected chi connectivity index (χ0v) is 15.7. The van der Waals surface area contributed by atoms with Crippen molar-refractivity contribution in [2.75, 3.05) is 25.6 Å². The Kier molecular flexibility index (Phi) is 6.82. The van der Waals surface area contributed by atoms with E-state index in [9.17, 15) is 0 Å². The van der Waals surface area contributed by atoms with Gasteiger partial charge in [-0.05, 0) is 55.7 Å². The molecular formula is C19H26N2O2S. The van der Waals surface area contributed by atoms with E-state index in [-0.39, 0.29) is 6.04 Å². The first-order chi connectivity index (χ1) is 11.6. The van der Waals surface area contributed by atoms with Crippen LogP contribution in [-0.4, -0.2) is 30.3 Å². The van der Waals surface area contributed by atoms with E-state index >= 15 is 0 Å². The van der Waals surface area contributed by atoms with Crippen LogP contribution in [0.15, 0.2) is 41.0 Å². The van der Waals surface area contributed by atoms with Gasteiger partial charge in [-0.2, -0.15) is 0 Å². The standard InChI is InChI=1S/C19H26N2O2S/c1-5-16-9-6-8-14(2)18(16)20-19(24)21(11-13-22-4)15(3)17-10-7-12-23-17/h6-10,12,15H,5,11,13H2,1-4H3,(H,20,24)/t15-/m1/s1. The first kappa shape index (κ1) is 18.5. The topological polar surface area (TPSA) is 37.6 Å². The van der Waals surface area contributed by atoms with E-state index in [4.69, 9.17) is 21.4 Å². The Morgan fingerprint density at radius 1 is 1.33 bits per heavy atom. The highest BCUT2D eigenvalue weighted by Crippen LogP contribution is 2.25. The van der Waals surface area contributed by atoms with Crippen molar-refractivity contribution >= 4 is 23.0 Å². The van der Waals surface area contributed by atoms with Gasteiger partial charge >= 0.3 is 0 Å². The average Bonchev–Trinajstić information content (AvgIpc) is 3.11. The van der Waals surface area contributed by atoms with Gasteiger partial charge in [-0.15, -0.1) is 0 Å². The number of furan rings is 1. The summed E-state index contributed by atoms with van der Waals surface area (Å²) in [7, 11) is 1.70. The number of anilines is 1. The lowest BCUT2D eigenvalue weighted by Crippen LogP contribution is -2.39. The molecule has 0 bridgehead atoms. The summed E-state index contributed by atoms with van der Waals surface area (Å²) in [6, 6.07) is 10.2. The summed E-state index contributed by atoms with van der Waals surface area (Å²) in [5.41, 5.74) is 3.54. The number of methoxy groups -OCH3 is 1. The minimum Gasteiger partial charge on any atom is -0.467 e. The third-order valence-electron chi connectivity index (χ3n) is 4.19. The molecule has 0 aliphatic carbocycles. The number of para-hydroxylation sites is 1. The number of nitrogens with zero attached hydrogens (tertiary/aromatic N) is 1. The van der Waals surface area contributed by atoms with E-state index in [1.54, 1.807) is 13.4 Å². The molecule has 2 rings (SSSR count). The van der Waals surface area contributed by atoms with E-state index < -0.39 is 0 Å². The Bertz CT molecular complexity index is 655. The maximum atomic E-state index is 5.71. The fourth-order valence-corrected chi connectivity index (χ4v) is 3.08. The summed E-state index contributed by atoms with van der Waals surface area (Å²) >= 11 is 5.71. The summed E-state index contributed by atoms with van der Waals surface area (Å²) in [5, 5.41) is 4.12. The van der Waals surface area contributed by atoms with Crippen molar-refractivity contribution in [2.45, 2.75) is 33.2 Å². The molecule has 0 aliphatic rings. The molecule has 1 heterocycles. The lowest BCUT2D eigenvalue weighted by molar-refractivity contribution is 0.160. The van der Waals surface area contributed by atoms with E-state index in [1.807, 2.05) is 12.1 Å². The SMILES string of the molecule is CCc1cccc(C)c1NC(=S)N(CCOC)[C@H](C)c1ccco1. The second-order valence-corrected chi connectivity index (χ2v) is 6.16. The minimum atomic E-state index is 0.0317. The van der Waals surface area contributed by atoms with Gasteiger partial charge < -0.3 is 19.4 Å². The second-order valence-electron chi connectivity index (χ2n) is 5.77. The lowest BCUT2D eigenvalue weighted by atomic mass is 10.1. The molecule has 0 fully saturated rings. The Hall–Kier alpha value is -1.85. The summed E-state index contributed by atoms with van der Waals surface area (Å²) in [5.74, 6) is 0.885. The largest absolute Gasteiger partial charge is 0.467 e. The second kappa shape index (κ2) is 8.85. The Balaban J connectivity index is 2.22. The van der Waals surface area contributed by atoms with Crippen molar-refractivity contribution in [1.29, 1.82) is 0 Å². The van der Waals surface area contributed by atoms with Crippen LogP contribution in [0, 0.1) is 6.92 Å². The van der Waals surface area contributed by atoms with Crippen LogP contribution in [0.25, 0.3) is 0 Å². The molecule has 5 heteroatoms. The van der Waals surface area contributed by atoms with Gasteiger partial charge in [0.15, 0.2) is 5.11 Å². The van der Waals surface area contributed by atoms with Gasteiger partial charge in [0.2, 0.25) is 0 Å². The summed E-state index contributed by atoms with van der Waals surface area (Å²) < 4.78 is 10.8. The highest BCUT2D eigenvalue weighted by molar-refractivity contribution is 7.80. The van der Waals surface area contributed by atoms with Crippen molar-refractivity contribution in [3.8, 4) is 0 Å². The van der Waals surface area contributed by atoms with Crippen molar-refractivity contribution in [1.82, 2.24) is 4.90 Å². The molecule has 130 valence electrons. The van der Waals surface area contributed by atoms with E-state index in [0.717, 1.165) is 17.9 Å². The molecule has 4 nitrogen and oxygen atoms in total. The fourth-order valence-electron chi connectivity index (χ4n) is 2.72. The minimum absolute atomic E-state index is 0.0317. The quantitative estimate of drug-likeness (QED) is 0.744. The van der Waals surface area contributed by atoms with Crippen LogP contribution < -0.4 is 5.32 Å². The van der Waals surface area contributed by atoms with Crippen LogP contribution in [0.5, 0.6) is 0 Å². The molecule has 0 spiro atoms. The third kappa shape index (κ3) is 4.36. The number of nitrogens with one attached hydrogen (secondary N) is 1. The maximum absolute atomic E-state index is 5.71. The number of aryl methyl sites for hydroxylation is 2. The predicted molar refractivity (Wildman–Crippen MR) is 102 cm³/mol. The van der Waals surface area contributed by atoms with Gasteiger partial charge in [-0.1, -0.05) is 25.1 Å². The monoisotopic (exact) mass is 346 g/mol. The highest BCUT2D eigenvalue weighted by Gasteiger charge is 2.21. The molecule has 2 aromatic rings. The van der Waals surface area contributed by atoms with Gasteiger partial charge in [0.25, 0.3) is 0 Å². The summed E-state index contributed by atoms with van der Waals surface area (Å²) in [4.78, 5) is 2.10. The molecule has 1 N–H and O–H groups in total. The van der Waals surface area contributed by atoms with E-state index in [2.05, 4.69) is 49.2 Å². The molecule has 0 saturated carbocycles. The lowest BCUT2D eigenvalue weighted by Gasteiger charge is -2.31. The van der Waals surface area contributed by atoms with Crippen molar-refractivity contribution in [3.05, 3.63) is 53.5 Å². The van der Waals surface area contributed by atoms with Crippen molar-refractivity contribution in [3.63, 3.8) is 0 Å². The zero-order valence-electron chi connectivity index (χ0n) is 14.8. The number of thiocarbonyl (C=S) groups is 1. The molecule has 0 saturated heterocycles. The summed E-state index contributed by atoms with van der Waals surface area (Å²) in [6.45, 7) is 7.62. The molecule has 1 aromatic heterocycles. The Morgan fingerprint density at radius 3 is 2.75 bits per heavy atom. The van der Waals surface area contributed by atoms with Gasteiger partial charge in [-0.3, -0.25) is 0 Å². The first-order valence-corrected chi connectivity index (χ1v) is 8.67. The van der Waals surface area contributed by atoms with Gasteiger partial charge in [0, 0.05) is 19.3 Å². The number of ether oxygens (including phenoxy) is 1. The normalized spacial score (nSPS) is 12.0. The number of hydrogen-bond donors (Lipinski definition) is 1. The first-order valence-electron chi connectivity index (χ1n) is 8.26. The van der Waals surface area contributed by atoms with Crippen molar-refractivity contribution < 1.29 is 9.15 Å². The number of rotatable bonds is 7. The van der Waals surface area contributed by atoms with Gasteiger partial charge in [0.1, 0.15) is 5.76 Å². The van der Waals surface area contributed by atoms with Crippen LogP contribution in [0.4, 0.5) is 5.69 Å². The van der Waals surface area contributed by atoms with Gasteiger partial charge in [0.05, 0.1) is 18.9 Å². The molecule has 0 aliphatic heterocycles. The smallest absolute Gasteiger partial charge is 0.174 e. The fraction of sp³-hybridized carbons (Fsp3) is 0.421. The van der Waals surface area contributed by atoms with Crippen LogP contribution in [0.2, 0.25) is 0 Å². The van der Waals surface area contributed by atoms with Crippen LogP contribution in [0.3, 0.4) is 0 Å². The molecule has 1 atom stereocenters. The maximum Gasteiger partial charge on any atom is 0.174 e. The molecule has 1 aromatic carbocycles. The average molecular weight is 346 g/mol. The molecule has 0 radical (unpaired) electrons. The van der Waals surface area contributed by atoms with E-state index in [0.29, 0.717) is 18.3 Å². The summed E-state index contributed by atoms with van der Waals surface area (Å²) in [6.07, 6.45) is 2.64. The highest BCUT2D eigenvalue weighted by atomic mass is 32.1.